The minimum absolute atomic E-state index is 0.156. The highest BCUT2D eigenvalue weighted by Crippen LogP contribution is 2.37. The lowest BCUT2D eigenvalue weighted by Crippen LogP contribution is -2.36. The number of sulfone groups is 1. The van der Waals surface area contributed by atoms with E-state index in [0.29, 0.717) is 40.4 Å². The lowest BCUT2D eigenvalue weighted by Gasteiger charge is -2.23. The molecule has 3 aromatic heterocycles. The van der Waals surface area contributed by atoms with Crippen LogP contribution in [0, 0.1) is 6.92 Å². The highest BCUT2D eigenvalue weighted by Gasteiger charge is 2.34. The summed E-state index contributed by atoms with van der Waals surface area (Å²) in [4.78, 5) is 13.2. The van der Waals surface area contributed by atoms with E-state index in [1.807, 2.05) is 6.92 Å². The predicted octanol–water partition coefficient (Wildman–Crippen LogP) is 2.72. The second-order valence-corrected chi connectivity index (χ2v) is 11.1. The maximum atomic E-state index is 13.8. The minimum Gasteiger partial charge on any atom is -0.494 e. The summed E-state index contributed by atoms with van der Waals surface area (Å²) in [5.41, 5.74) is 1.74. The van der Waals surface area contributed by atoms with Gasteiger partial charge in [-0.1, -0.05) is 12.1 Å². The van der Waals surface area contributed by atoms with E-state index >= 15 is 0 Å². The summed E-state index contributed by atoms with van der Waals surface area (Å²) in [5.74, 6) is 1.64. The van der Waals surface area contributed by atoms with Crippen LogP contribution in [0.4, 0.5) is 0 Å². The monoisotopic (exact) mass is 553 g/mol. The van der Waals surface area contributed by atoms with Gasteiger partial charge in [-0.2, -0.15) is 0 Å². The normalized spacial score (nSPS) is 13.1. The van der Waals surface area contributed by atoms with Gasteiger partial charge in [0.1, 0.15) is 34.5 Å². The number of nitrogens with one attached hydrogen (secondary N) is 1. The van der Waals surface area contributed by atoms with Gasteiger partial charge in [0, 0.05) is 18.5 Å². The molecule has 1 N–H and O–H groups in total. The van der Waals surface area contributed by atoms with Gasteiger partial charge in [-0.15, -0.1) is 10.2 Å². The number of hydrogen-bond acceptors (Lipinski definition) is 11. The number of ether oxygens (including phenoxy) is 3. The van der Waals surface area contributed by atoms with Crippen LogP contribution in [-0.2, 0) is 15.6 Å². The molecule has 0 saturated carbocycles. The SMILES string of the molecule is CN[C@H](c1ncc(C)cn1)[C@H](C)S(=O)(=O)Cc1nnc(-c2cccc(OC)n2)n1-c1c(OC)cccc1OC. The first-order valence-electron chi connectivity index (χ1n) is 12.1. The van der Waals surface area contributed by atoms with Crippen LogP contribution in [0.1, 0.15) is 30.2 Å². The number of para-hydroxylation sites is 1. The summed E-state index contributed by atoms with van der Waals surface area (Å²) >= 11 is 0. The summed E-state index contributed by atoms with van der Waals surface area (Å²) in [5, 5.41) is 10.8. The molecule has 0 amide bonds. The van der Waals surface area contributed by atoms with Crippen molar-refractivity contribution in [2.45, 2.75) is 30.9 Å². The third-order valence-electron chi connectivity index (χ3n) is 6.27. The number of rotatable bonds is 11. The lowest BCUT2D eigenvalue weighted by molar-refractivity contribution is 0.390. The van der Waals surface area contributed by atoms with Crippen LogP contribution in [0.2, 0.25) is 0 Å². The van der Waals surface area contributed by atoms with Gasteiger partial charge in [0.15, 0.2) is 21.5 Å². The Balaban J connectivity index is 1.85. The van der Waals surface area contributed by atoms with Gasteiger partial charge in [0.25, 0.3) is 0 Å². The van der Waals surface area contributed by atoms with Crippen LogP contribution >= 0.6 is 0 Å². The molecule has 0 radical (unpaired) electrons. The van der Waals surface area contributed by atoms with Gasteiger partial charge in [0.05, 0.1) is 32.6 Å². The largest absolute Gasteiger partial charge is 0.494 e. The fraction of sp³-hybridized carbons (Fsp3) is 0.346. The number of hydrogen-bond donors (Lipinski definition) is 1. The number of aromatic nitrogens is 6. The molecule has 4 aromatic rings. The van der Waals surface area contributed by atoms with Gasteiger partial charge < -0.3 is 19.5 Å². The van der Waals surface area contributed by atoms with Crippen LogP contribution in [0.15, 0.2) is 48.8 Å². The molecule has 12 nitrogen and oxygen atoms in total. The topological polar surface area (TPSA) is 143 Å². The lowest BCUT2D eigenvalue weighted by atomic mass is 10.2. The van der Waals surface area contributed by atoms with Crippen molar-refractivity contribution in [3.8, 4) is 34.6 Å². The highest BCUT2D eigenvalue weighted by atomic mass is 32.2. The molecule has 206 valence electrons. The van der Waals surface area contributed by atoms with Crippen molar-refractivity contribution in [2.24, 2.45) is 0 Å². The van der Waals surface area contributed by atoms with Gasteiger partial charge >= 0.3 is 0 Å². The third-order valence-corrected chi connectivity index (χ3v) is 8.34. The van der Waals surface area contributed by atoms with Crippen LogP contribution in [0.5, 0.6) is 17.4 Å². The second kappa shape index (κ2) is 11.7. The minimum atomic E-state index is -3.83. The maximum Gasteiger partial charge on any atom is 0.213 e. The van der Waals surface area contributed by atoms with Gasteiger partial charge in [-0.25, -0.2) is 23.4 Å². The highest BCUT2D eigenvalue weighted by molar-refractivity contribution is 7.91. The number of benzene rings is 1. The molecule has 3 heterocycles. The molecule has 1 aromatic carbocycles. The van der Waals surface area contributed by atoms with Crippen LogP contribution in [0.3, 0.4) is 0 Å². The van der Waals surface area contributed by atoms with Crippen molar-refractivity contribution < 1.29 is 22.6 Å². The Bertz CT molecular complexity index is 1520. The molecule has 39 heavy (non-hydrogen) atoms. The van der Waals surface area contributed by atoms with Gasteiger partial charge in [-0.3, -0.25) is 4.57 Å². The first kappa shape index (κ1) is 27.9. The first-order valence-corrected chi connectivity index (χ1v) is 13.8. The summed E-state index contributed by atoms with van der Waals surface area (Å²) in [7, 11) is 2.39. The Hall–Kier alpha value is -4.10. The second-order valence-electron chi connectivity index (χ2n) is 8.75. The molecule has 2 atom stereocenters. The quantitative estimate of drug-likeness (QED) is 0.293. The average molecular weight is 554 g/mol. The number of nitrogens with zero attached hydrogens (tertiary/aromatic N) is 6. The Labute approximate surface area is 227 Å². The molecule has 0 aliphatic rings. The third kappa shape index (κ3) is 5.68. The average Bonchev–Trinajstić information content (AvgIpc) is 3.35. The number of aryl methyl sites for hydroxylation is 1. The summed E-state index contributed by atoms with van der Waals surface area (Å²) in [6.45, 7) is 3.49. The Morgan fingerprint density at radius 3 is 2.18 bits per heavy atom. The van der Waals surface area contributed by atoms with E-state index in [0.717, 1.165) is 5.56 Å². The Morgan fingerprint density at radius 1 is 0.949 bits per heavy atom. The van der Waals surface area contributed by atoms with Crippen LogP contribution in [0.25, 0.3) is 17.2 Å². The molecule has 0 bridgehead atoms. The van der Waals surface area contributed by atoms with Crippen molar-refractivity contribution in [1.29, 1.82) is 0 Å². The molecule has 4 rings (SSSR count). The van der Waals surface area contributed by atoms with Gasteiger partial charge in [0.2, 0.25) is 5.88 Å². The van der Waals surface area contributed by atoms with E-state index < -0.39 is 26.9 Å². The van der Waals surface area contributed by atoms with E-state index in [9.17, 15) is 8.42 Å². The molecule has 0 saturated heterocycles. The van der Waals surface area contributed by atoms with Crippen molar-refractivity contribution in [1.82, 2.24) is 35.0 Å². The first-order chi connectivity index (χ1) is 18.7. The molecule has 0 fully saturated rings. The van der Waals surface area contributed by atoms with E-state index in [4.69, 9.17) is 14.2 Å². The van der Waals surface area contributed by atoms with Crippen LogP contribution in [-0.4, -0.2) is 71.8 Å². The summed E-state index contributed by atoms with van der Waals surface area (Å²) < 4.78 is 45.7. The molecule has 0 aliphatic carbocycles. The molecular weight excluding hydrogens is 522 g/mol. The molecular formula is C26H31N7O5S. The smallest absolute Gasteiger partial charge is 0.213 e. The fourth-order valence-electron chi connectivity index (χ4n) is 4.17. The Kier molecular flexibility index (Phi) is 8.41. The zero-order chi connectivity index (χ0) is 28.2. The molecule has 13 heteroatoms. The van der Waals surface area contributed by atoms with E-state index in [-0.39, 0.29) is 5.82 Å². The van der Waals surface area contributed by atoms with Crippen molar-refractivity contribution in [2.75, 3.05) is 28.4 Å². The maximum absolute atomic E-state index is 13.8. The number of pyridine rings is 1. The van der Waals surface area contributed by atoms with Crippen molar-refractivity contribution in [3.63, 3.8) is 0 Å². The van der Waals surface area contributed by atoms with Gasteiger partial charge in [-0.05, 0) is 44.7 Å². The zero-order valence-corrected chi connectivity index (χ0v) is 23.4. The summed E-state index contributed by atoms with van der Waals surface area (Å²) in [6.07, 6.45) is 3.31. The van der Waals surface area contributed by atoms with Crippen molar-refractivity contribution in [3.05, 3.63) is 66.0 Å². The standard InChI is InChI=1S/C26H31N7O5S/c1-16-13-28-25(29-14-16)23(27-3)17(2)39(34,35)15-21-31-32-26(18-9-7-12-22(30-18)38-6)33(21)24-19(36-4)10-8-11-20(24)37-5/h7-14,17,23,27H,15H2,1-6H3/t17-,23-/m0/s1. The summed E-state index contributed by atoms with van der Waals surface area (Å²) in [6, 6.07) is 9.81. The van der Waals surface area contributed by atoms with Crippen LogP contribution < -0.4 is 19.5 Å². The number of methoxy groups -OCH3 is 3. The zero-order valence-electron chi connectivity index (χ0n) is 22.6. The van der Waals surface area contributed by atoms with Crippen molar-refractivity contribution >= 4 is 9.84 Å². The Morgan fingerprint density at radius 2 is 1.59 bits per heavy atom. The fourth-order valence-corrected chi connectivity index (χ4v) is 5.65. The molecule has 0 unspecified atom stereocenters. The molecule has 0 aliphatic heterocycles. The van der Waals surface area contributed by atoms with E-state index in [1.165, 1.54) is 21.3 Å². The van der Waals surface area contributed by atoms with E-state index in [2.05, 4.69) is 30.5 Å². The molecule has 0 spiro atoms. The predicted molar refractivity (Wildman–Crippen MR) is 145 cm³/mol. The van der Waals surface area contributed by atoms with E-state index in [1.54, 1.807) is 67.3 Å².